The van der Waals surface area contributed by atoms with E-state index in [0.717, 1.165) is 23.7 Å². The number of rotatable bonds is 4. The lowest BCUT2D eigenvalue weighted by Gasteiger charge is -2.15. The third-order valence-electron chi connectivity index (χ3n) is 3.67. The molecule has 1 atom stereocenters. The molecule has 0 fully saturated rings. The van der Waals surface area contributed by atoms with Crippen molar-refractivity contribution in [1.82, 2.24) is 0 Å². The first-order valence-electron chi connectivity index (χ1n) is 6.92. The van der Waals surface area contributed by atoms with Crippen molar-refractivity contribution in [2.75, 3.05) is 12.4 Å². The largest absolute Gasteiger partial charge is 0.493 e. The maximum atomic E-state index is 6.03. The molecule has 20 heavy (non-hydrogen) atoms. The van der Waals surface area contributed by atoms with Crippen molar-refractivity contribution in [2.45, 2.75) is 24.3 Å². The fourth-order valence-corrected chi connectivity index (χ4v) is 3.80. The number of hydrogen-bond donors (Lipinski definition) is 1. The van der Waals surface area contributed by atoms with E-state index in [2.05, 4.69) is 43.3 Å². The van der Waals surface area contributed by atoms with Crippen LogP contribution in [0.5, 0.6) is 5.75 Å². The summed E-state index contributed by atoms with van der Waals surface area (Å²) in [6, 6.07) is 14.8. The maximum Gasteiger partial charge on any atom is 0.123 e. The molecule has 2 N–H and O–H groups in total. The Kier molecular flexibility index (Phi) is 3.99. The van der Waals surface area contributed by atoms with Crippen LogP contribution < -0.4 is 10.5 Å². The van der Waals surface area contributed by atoms with Gasteiger partial charge in [-0.15, -0.1) is 11.8 Å². The van der Waals surface area contributed by atoms with Crippen LogP contribution in [-0.4, -0.2) is 12.4 Å². The van der Waals surface area contributed by atoms with Crippen molar-refractivity contribution in [1.29, 1.82) is 0 Å². The van der Waals surface area contributed by atoms with Crippen LogP contribution in [0, 0.1) is 6.92 Å². The number of benzene rings is 2. The van der Waals surface area contributed by atoms with Crippen LogP contribution in [0.2, 0.25) is 0 Å². The zero-order valence-electron chi connectivity index (χ0n) is 11.6. The van der Waals surface area contributed by atoms with Crippen LogP contribution in [0.3, 0.4) is 0 Å². The Morgan fingerprint density at radius 2 is 2.10 bits per heavy atom. The van der Waals surface area contributed by atoms with Crippen molar-refractivity contribution in [3.8, 4) is 5.75 Å². The van der Waals surface area contributed by atoms with Gasteiger partial charge in [0.1, 0.15) is 5.75 Å². The predicted octanol–water partition coefficient (Wildman–Crippen LogP) is 3.72. The van der Waals surface area contributed by atoms with Crippen molar-refractivity contribution in [2.24, 2.45) is 5.73 Å². The minimum atomic E-state index is 0.475. The zero-order chi connectivity index (χ0) is 13.9. The SMILES string of the molecule is Cc1ccc(OCC2CSc3ccccc32)c(CN)c1. The molecule has 0 amide bonds. The summed E-state index contributed by atoms with van der Waals surface area (Å²) < 4.78 is 6.03. The molecule has 1 aliphatic rings. The van der Waals surface area contributed by atoms with Gasteiger partial charge in [0, 0.05) is 28.7 Å². The molecule has 2 aromatic rings. The van der Waals surface area contributed by atoms with E-state index in [1.807, 2.05) is 17.8 Å². The number of ether oxygens (including phenoxy) is 1. The molecular weight excluding hydrogens is 266 g/mol. The molecule has 0 bridgehead atoms. The summed E-state index contributed by atoms with van der Waals surface area (Å²) in [5.74, 6) is 2.50. The highest BCUT2D eigenvalue weighted by atomic mass is 32.2. The minimum Gasteiger partial charge on any atom is -0.493 e. The van der Waals surface area contributed by atoms with Crippen molar-refractivity contribution < 1.29 is 4.74 Å². The fraction of sp³-hybridized carbons (Fsp3) is 0.294. The van der Waals surface area contributed by atoms with Crippen molar-refractivity contribution >= 4 is 11.8 Å². The average Bonchev–Trinajstić information content (AvgIpc) is 2.89. The highest BCUT2D eigenvalue weighted by Gasteiger charge is 2.23. The normalized spacial score (nSPS) is 17.0. The third-order valence-corrected chi connectivity index (χ3v) is 4.93. The number of hydrogen-bond acceptors (Lipinski definition) is 3. The summed E-state index contributed by atoms with van der Waals surface area (Å²) in [7, 11) is 0. The Balaban J connectivity index is 1.72. The van der Waals surface area contributed by atoms with Crippen LogP contribution in [0.4, 0.5) is 0 Å². The lowest BCUT2D eigenvalue weighted by Crippen LogP contribution is -2.11. The van der Waals surface area contributed by atoms with E-state index in [4.69, 9.17) is 10.5 Å². The van der Waals surface area contributed by atoms with Gasteiger partial charge in [0.2, 0.25) is 0 Å². The van der Waals surface area contributed by atoms with Gasteiger partial charge in [0.25, 0.3) is 0 Å². The van der Waals surface area contributed by atoms with Crippen LogP contribution in [0.15, 0.2) is 47.4 Å². The summed E-state index contributed by atoms with van der Waals surface area (Å²) in [6.45, 7) is 3.32. The van der Waals surface area contributed by atoms with E-state index < -0.39 is 0 Å². The highest BCUT2D eigenvalue weighted by molar-refractivity contribution is 7.99. The topological polar surface area (TPSA) is 35.2 Å². The second-order valence-corrected chi connectivity index (χ2v) is 6.23. The van der Waals surface area contributed by atoms with Gasteiger partial charge in [-0.25, -0.2) is 0 Å². The quantitative estimate of drug-likeness (QED) is 0.930. The summed E-state index contributed by atoms with van der Waals surface area (Å²) >= 11 is 1.92. The molecule has 0 spiro atoms. The molecule has 2 nitrogen and oxygen atoms in total. The zero-order valence-corrected chi connectivity index (χ0v) is 12.5. The molecule has 0 aliphatic carbocycles. The van der Waals surface area contributed by atoms with Crippen LogP contribution in [-0.2, 0) is 6.54 Å². The molecule has 1 unspecified atom stereocenters. The van der Waals surface area contributed by atoms with Crippen molar-refractivity contribution in [3.05, 3.63) is 59.2 Å². The molecule has 1 aliphatic heterocycles. The third kappa shape index (κ3) is 2.69. The Morgan fingerprint density at radius 3 is 2.95 bits per heavy atom. The lowest BCUT2D eigenvalue weighted by molar-refractivity contribution is 0.295. The lowest BCUT2D eigenvalue weighted by atomic mass is 10.0. The number of aryl methyl sites for hydroxylation is 1. The van der Waals surface area contributed by atoms with E-state index in [1.165, 1.54) is 16.0 Å². The molecule has 1 heterocycles. The molecule has 0 saturated carbocycles. The molecular formula is C17H19NOS. The summed E-state index contributed by atoms with van der Waals surface area (Å²) in [5.41, 5.74) is 9.52. The van der Waals surface area contributed by atoms with E-state index in [-0.39, 0.29) is 0 Å². The Bertz CT molecular complexity index is 612. The Labute approximate surface area is 124 Å². The second kappa shape index (κ2) is 5.90. The van der Waals surface area contributed by atoms with E-state index in [1.54, 1.807) is 0 Å². The van der Waals surface area contributed by atoms with Gasteiger partial charge >= 0.3 is 0 Å². The number of nitrogens with two attached hydrogens (primary N) is 1. The van der Waals surface area contributed by atoms with Gasteiger partial charge in [-0.1, -0.05) is 35.9 Å². The second-order valence-electron chi connectivity index (χ2n) is 5.17. The van der Waals surface area contributed by atoms with Gasteiger partial charge < -0.3 is 10.5 Å². The summed E-state index contributed by atoms with van der Waals surface area (Å²) in [4.78, 5) is 1.39. The van der Waals surface area contributed by atoms with Gasteiger partial charge in [-0.3, -0.25) is 0 Å². The predicted molar refractivity (Wildman–Crippen MR) is 84.5 cm³/mol. The van der Waals surface area contributed by atoms with Gasteiger partial charge in [0.05, 0.1) is 6.61 Å². The Hall–Kier alpha value is -1.45. The van der Waals surface area contributed by atoms with Gasteiger partial charge in [-0.05, 0) is 24.6 Å². The molecule has 3 heteroatoms. The van der Waals surface area contributed by atoms with Gasteiger partial charge in [-0.2, -0.15) is 0 Å². The van der Waals surface area contributed by atoms with E-state index in [0.29, 0.717) is 12.5 Å². The molecule has 0 radical (unpaired) electrons. The van der Waals surface area contributed by atoms with Crippen LogP contribution in [0.1, 0.15) is 22.6 Å². The van der Waals surface area contributed by atoms with Crippen molar-refractivity contribution in [3.63, 3.8) is 0 Å². The first kappa shape index (κ1) is 13.5. The standard InChI is InChI=1S/C17H19NOS/c1-12-6-7-16(13(8-12)9-18)19-10-14-11-20-17-5-3-2-4-15(14)17/h2-8,14H,9-11,18H2,1H3. The molecule has 3 rings (SSSR count). The molecule has 104 valence electrons. The van der Waals surface area contributed by atoms with Crippen LogP contribution in [0.25, 0.3) is 0 Å². The molecule has 0 saturated heterocycles. The van der Waals surface area contributed by atoms with E-state index in [9.17, 15) is 0 Å². The fourth-order valence-electron chi connectivity index (χ4n) is 2.57. The maximum absolute atomic E-state index is 6.03. The van der Waals surface area contributed by atoms with Gasteiger partial charge in [0.15, 0.2) is 0 Å². The Morgan fingerprint density at radius 1 is 1.25 bits per heavy atom. The molecule has 0 aromatic heterocycles. The van der Waals surface area contributed by atoms with Crippen LogP contribution >= 0.6 is 11.8 Å². The van der Waals surface area contributed by atoms with E-state index >= 15 is 0 Å². The first-order valence-corrected chi connectivity index (χ1v) is 7.90. The smallest absolute Gasteiger partial charge is 0.123 e. The highest BCUT2D eigenvalue weighted by Crippen LogP contribution is 2.39. The number of thioether (sulfide) groups is 1. The average molecular weight is 285 g/mol. The molecule has 2 aromatic carbocycles. The first-order chi connectivity index (χ1) is 9.78. The number of fused-ring (bicyclic) bond motifs is 1. The minimum absolute atomic E-state index is 0.475. The summed E-state index contributed by atoms with van der Waals surface area (Å²) in [5, 5.41) is 0. The summed E-state index contributed by atoms with van der Waals surface area (Å²) in [6.07, 6.45) is 0. The monoisotopic (exact) mass is 285 g/mol.